The molecule has 0 saturated carbocycles. The van der Waals surface area contributed by atoms with Crippen molar-refractivity contribution in [2.75, 3.05) is 10.7 Å². The van der Waals surface area contributed by atoms with E-state index in [4.69, 9.17) is 0 Å². The minimum Gasteiger partial charge on any atom is -0.280 e. The highest BCUT2D eigenvalue weighted by molar-refractivity contribution is 7.99. The predicted molar refractivity (Wildman–Crippen MR) is 109 cm³/mol. The average Bonchev–Trinajstić information content (AvgIpc) is 3.07. The molecule has 5 nitrogen and oxygen atoms in total. The minimum absolute atomic E-state index is 0.0450. The molecule has 0 aliphatic carbocycles. The number of aromatic amines is 1. The van der Waals surface area contributed by atoms with E-state index in [9.17, 15) is 4.79 Å². The molecule has 0 bridgehead atoms. The van der Waals surface area contributed by atoms with E-state index in [2.05, 4.69) is 34.2 Å². The fourth-order valence-electron chi connectivity index (χ4n) is 3.43. The van der Waals surface area contributed by atoms with E-state index < -0.39 is 0 Å². The van der Waals surface area contributed by atoms with Crippen molar-refractivity contribution in [3.8, 4) is 0 Å². The third-order valence-corrected chi connectivity index (χ3v) is 5.53. The van der Waals surface area contributed by atoms with Crippen LogP contribution in [-0.2, 0) is 24.1 Å². The summed E-state index contributed by atoms with van der Waals surface area (Å²) in [5, 5.41) is 7.79. The van der Waals surface area contributed by atoms with E-state index >= 15 is 0 Å². The molecule has 138 valence electrons. The molecule has 0 atom stereocenters. The average molecular weight is 379 g/mol. The zero-order valence-corrected chi connectivity index (χ0v) is 16.1. The maximum absolute atomic E-state index is 13.2. The number of rotatable bonds is 5. The number of nitrogens with zero attached hydrogens (tertiary/aromatic N) is 3. The first-order chi connectivity index (χ1) is 13.3. The van der Waals surface area contributed by atoms with Crippen LogP contribution in [-0.4, -0.2) is 26.8 Å². The first-order valence-electron chi connectivity index (χ1n) is 9.29. The van der Waals surface area contributed by atoms with Crippen molar-refractivity contribution in [2.45, 2.75) is 37.8 Å². The van der Waals surface area contributed by atoms with E-state index in [-0.39, 0.29) is 5.91 Å². The van der Waals surface area contributed by atoms with Crippen LogP contribution in [0.5, 0.6) is 0 Å². The lowest BCUT2D eigenvalue weighted by atomic mass is 10.0. The summed E-state index contributed by atoms with van der Waals surface area (Å²) in [6, 6.07) is 16.4. The molecule has 27 heavy (non-hydrogen) atoms. The Hall–Kier alpha value is -2.60. The number of benzene rings is 2. The predicted octanol–water partition coefficient (Wildman–Crippen LogP) is 4.31. The van der Waals surface area contributed by atoms with E-state index in [0.29, 0.717) is 10.9 Å². The molecule has 1 N–H and O–H groups in total. The van der Waals surface area contributed by atoms with E-state index in [0.717, 1.165) is 42.9 Å². The number of aryl methyl sites for hydroxylation is 3. The minimum atomic E-state index is 0.0450. The third kappa shape index (κ3) is 3.76. The Morgan fingerprint density at radius 1 is 1.07 bits per heavy atom. The molecule has 3 aromatic rings. The van der Waals surface area contributed by atoms with Gasteiger partial charge in [-0.25, -0.2) is 4.98 Å². The van der Waals surface area contributed by atoms with Crippen LogP contribution in [0.2, 0.25) is 0 Å². The molecule has 2 heterocycles. The number of amides is 1. The van der Waals surface area contributed by atoms with Crippen LogP contribution >= 0.6 is 11.8 Å². The molecule has 4 rings (SSSR count). The monoisotopic (exact) mass is 378 g/mol. The van der Waals surface area contributed by atoms with Crippen LogP contribution < -0.4 is 4.90 Å². The normalized spacial score (nSPS) is 13.0. The van der Waals surface area contributed by atoms with Crippen LogP contribution in [0, 0.1) is 0 Å². The van der Waals surface area contributed by atoms with Gasteiger partial charge in [0.05, 0.1) is 17.1 Å². The Balaban J connectivity index is 1.60. The molecule has 0 saturated heterocycles. The van der Waals surface area contributed by atoms with Gasteiger partial charge in [0, 0.05) is 6.42 Å². The molecule has 6 heteroatoms. The van der Waals surface area contributed by atoms with Gasteiger partial charge in [-0.1, -0.05) is 55.1 Å². The van der Waals surface area contributed by atoms with Crippen molar-refractivity contribution < 1.29 is 4.79 Å². The molecule has 0 radical (unpaired) electrons. The van der Waals surface area contributed by atoms with Crippen LogP contribution in [0.3, 0.4) is 0 Å². The molecule has 0 fully saturated rings. The fraction of sp³-hybridized carbons (Fsp3) is 0.286. The number of para-hydroxylation sites is 2. The van der Waals surface area contributed by atoms with Crippen molar-refractivity contribution in [2.24, 2.45) is 0 Å². The quantitative estimate of drug-likeness (QED) is 0.672. The maximum atomic E-state index is 13.2. The Bertz CT molecular complexity index is 905. The summed E-state index contributed by atoms with van der Waals surface area (Å²) in [5.41, 5.74) is 4.37. The van der Waals surface area contributed by atoms with Gasteiger partial charge in [0.1, 0.15) is 5.82 Å². The van der Waals surface area contributed by atoms with Gasteiger partial charge in [0.25, 0.3) is 0 Å². The van der Waals surface area contributed by atoms with Crippen LogP contribution in [0.15, 0.2) is 53.7 Å². The van der Waals surface area contributed by atoms with Gasteiger partial charge in [-0.15, -0.1) is 5.10 Å². The number of nitrogens with one attached hydrogen (secondary N) is 1. The fourth-order valence-corrected chi connectivity index (χ4v) is 4.10. The molecule has 1 amide bonds. The van der Waals surface area contributed by atoms with E-state index in [1.165, 1.54) is 22.9 Å². The van der Waals surface area contributed by atoms with Crippen LogP contribution in [0.25, 0.3) is 0 Å². The van der Waals surface area contributed by atoms with Gasteiger partial charge in [-0.2, -0.15) is 0 Å². The highest BCUT2D eigenvalue weighted by Crippen LogP contribution is 2.36. The summed E-state index contributed by atoms with van der Waals surface area (Å²) in [4.78, 5) is 19.5. The SMILES string of the molecule is CCCc1nc(SCC(=O)N2c3ccccc3CCc3ccccc32)n[nH]1. The summed E-state index contributed by atoms with van der Waals surface area (Å²) in [6.45, 7) is 2.10. The lowest BCUT2D eigenvalue weighted by Crippen LogP contribution is -2.28. The maximum Gasteiger partial charge on any atom is 0.242 e. The van der Waals surface area contributed by atoms with Crippen molar-refractivity contribution in [1.82, 2.24) is 15.2 Å². The van der Waals surface area contributed by atoms with Gasteiger partial charge in [0.2, 0.25) is 11.1 Å². The summed E-state index contributed by atoms with van der Waals surface area (Å²) >= 11 is 1.38. The molecule has 1 aromatic heterocycles. The second kappa shape index (κ2) is 7.96. The van der Waals surface area contributed by atoms with Gasteiger partial charge in [-0.3, -0.25) is 14.8 Å². The lowest BCUT2D eigenvalue weighted by molar-refractivity contribution is -0.115. The van der Waals surface area contributed by atoms with Gasteiger partial charge >= 0.3 is 0 Å². The Morgan fingerprint density at radius 3 is 2.33 bits per heavy atom. The van der Waals surface area contributed by atoms with E-state index in [1.807, 2.05) is 41.3 Å². The van der Waals surface area contributed by atoms with Crippen molar-refractivity contribution in [3.63, 3.8) is 0 Å². The molecule has 1 aliphatic rings. The Labute approximate surface area is 163 Å². The number of aromatic nitrogens is 3. The van der Waals surface area contributed by atoms with E-state index in [1.54, 1.807) is 0 Å². The molecule has 0 spiro atoms. The first kappa shape index (κ1) is 17.8. The van der Waals surface area contributed by atoms with Crippen molar-refractivity contribution >= 4 is 29.0 Å². The Morgan fingerprint density at radius 2 is 1.70 bits per heavy atom. The largest absolute Gasteiger partial charge is 0.280 e. The van der Waals surface area contributed by atoms with Gasteiger partial charge < -0.3 is 0 Å². The number of thioether (sulfide) groups is 1. The highest BCUT2D eigenvalue weighted by atomic mass is 32.2. The number of anilines is 2. The first-order valence-corrected chi connectivity index (χ1v) is 10.3. The third-order valence-electron chi connectivity index (χ3n) is 4.70. The summed E-state index contributed by atoms with van der Waals surface area (Å²) in [6.07, 6.45) is 3.75. The highest BCUT2D eigenvalue weighted by Gasteiger charge is 2.25. The number of hydrogen-bond acceptors (Lipinski definition) is 4. The number of fused-ring (bicyclic) bond motifs is 2. The summed E-state index contributed by atoms with van der Waals surface area (Å²) in [5.74, 6) is 1.22. The van der Waals surface area contributed by atoms with Crippen LogP contribution in [0.1, 0.15) is 30.3 Å². The van der Waals surface area contributed by atoms with Crippen molar-refractivity contribution in [3.05, 3.63) is 65.5 Å². The second-order valence-corrected chi connectivity index (χ2v) is 7.53. The number of hydrogen-bond donors (Lipinski definition) is 1. The molecule has 0 unspecified atom stereocenters. The number of H-pyrrole nitrogens is 1. The van der Waals surface area contributed by atoms with Crippen molar-refractivity contribution in [1.29, 1.82) is 0 Å². The van der Waals surface area contributed by atoms with Gasteiger partial charge in [-0.05, 0) is 42.5 Å². The number of carbonyl (C=O) groups excluding carboxylic acids is 1. The molecular weight excluding hydrogens is 356 g/mol. The smallest absolute Gasteiger partial charge is 0.242 e. The topological polar surface area (TPSA) is 61.9 Å². The van der Waals surface area contributed by atoms with Gasteiger partial charge in [0.15, 0.2) is 0 Å². The standard InChI is InChI=1S/C21H22N4OS/c1-2-7-19-22-21(24-23-19)27-14-20(26)25-17-10-5-3-8-15(17)12-13-16-9-4-6-11-18(16)25/h3-6,8-11H,2,7,12-14H2,1H3,(H,22,23,24). The lowest BCUT2D eigenvalue weighted by Gasteiger charge is -2.24. The molecule has 1 aliphatic heterocycles. The second-order valence-electron chi connectivity index (χ2n) is 6.59. The van der Waals surface area contributed by atoms with Crippen LogP contribution in [0.4, 0.5) is 11.4 Å². The zero-order chi connectivity index (χ0) is 18.6. The molecular formula is C21H22N4OS. The summed E-state index contributed by atoms with van der Waals surface area (Å²) in [7, 11) is 0. The Kier molecular flexibility index (Phi) is 5.25. The number of carbonyl (C=O) groups is 1. The molecule has 2 aromatic carbocycles. The zero-order valence-electron chi connectivity index (χ0n) is 15.3. The summed E-state index contributed by atoms with van der Waals surface area (Å²) < 4.78 is 0.